The molecule has 1 saturated carbocycles. The predicted molar refractivity (Wildman–Crippen MR) is 125 cm³/mol. The number of amides is 2. The van der Waals surface area contributed by atoms with Crippen molar-refractivity contribution in [3.05, 3.63) is 53.9 Å². The van der Waals surface area contributed by atoms with E-state index in [1.807, 2.05) is 41.8 Å². The zero-order valence-corrected chi connectivity index (χ0v) is 19.5. The number of hydrogen-bond acceptors (Lipinski definition) is 4. The second-order valence-electron chi connectivity index (χ2n) is 9.60. The molecule has 0 bridgehead atoms. The van der Waals surface area contributed by atoms with E-state index in [2.05, 4.69) is 12.2 Å². The number of rotatable bonds is 5. The van der Waals surface area contributed by atoms with Gasteiger partial charge in [0.2, 0.25) is 5.91 Å². The molecule has 5 rings (SSSR count). The summed E-state index contributed by atoms with van der Waals surface area (Å²) < 4.78 is 13.0. The minimum Gasteiger partial charge on any atom is -0.496 e. The molecule has 2 amide bonds. The van der Waals surface area contributed by atoms with Gasteiger partial charge in [-0.15, -0.1) is 0 Å². The molecule has 1 aliphatic heterocycles. The van der Waals surface area contributed by atoms with Crippen LogP contribution in [0.15, 0.2) is 47.1 Å². The fourth-order valence-corrected chi connectivity index (χ4v) is 5.38. The van der Waals surface area contributed by atoms with Crippen molar-refractivity contribution >= 4 is 22.9 Å². The summed E-state index contributed by atoms with van der Waals surface area (Å²) in [5.41, 5.74) is 1.82. The van der Waals surface area contributed by atoms with Crippen molar-refractivity contribution < 1.29 is 18.7 Å². The first-order valence-electron chi connectivity index (χ1n) is 11.7. The molecule has 33 heavy (non-hydrogen) atoms. The zero-order valence-electron chi connectivity index (χ0n) is 19.5. The number of carbonyl (C=O) groups excluding carboxylic acids is 2. The van der Waals surface area contributed by atoms with Gasteiger partial charge in [0, 0.05) is 23.7 Å². The van der Waals surface area contributed by atoms with E-state index >= 15 is 0 Å². The van der Waals surface area contributed by atoms with Gasteiger partial charge < -0.3 is 23.9 Å². The van der Waals surface area contributed by atoms with Gasteiger partial charge in [-0.05, 0) is 31.7 Å². The van der Waals surface area contributed by atoms with Crippen LogP contribution in [-0.4, -0.2) is 40.0 Å². The lowest BCUT2D eigenvalue weighted by molar-refractivity contribution is -0.134. The van der Waals surface area contributed by atoms with Crippen molar-refractivity contribution in [1.82, 2.24) is 14.8 Å². The molecule has 1 N–H and O–H groups in total. The van der Waals surface area contributed by atoms with E-state index in [1.165, 1.54) is 6.42 Å². The summed E-state index contributed by atoms with van der Waals surface area (Å²) in [5, 5.41) is 3.31. The normalized spacial score (nSPS) is 25.2. The van der Waals surface area contributed by atoms with Crippen molar-refractivity contribution in [3.63, 3.8) is 0 Å². The van der Waals surface area contributed by atoms with Crippen LogP contribution < -0.4 is 10.1 Å². The van der Waals surface area contributed by atoms with Crippen molar-refractivity contribution in [2.24, 2.45) is 5.92 Å². The molecule has 7 heteroatoms. The average molecular weight is 450 g/mol. The zero-order chi connectivity index (χ0) is 23.2. The van der Waals surface area contributed by atoms with E-state index in [9.17, 15) is 9.59 Å². The number of benzene rings is 1. The molecule has 174 valence electrons. The third kappa shape index (κ3) is 3.59. The van der Waals surface area contributed by atoms with Gasteiger partial charge in [-0.3, -0.25) is 9.59 Å². The molecular weight excluding hydrogens is 418 g/mol. The largest absolute Gasteiger partial charge is 0.496 e. The molecule has 2 aliphatic rings. The van der Waals surface area contributed by atoms with Crippen molar-refractivity contribution in [2.45, 2.75) is 64.2 Å². The average Bonchev–Trinajstić information content (AvgIpc) is 3.41. The first-order valence-corrected chi connectivity index (χ1v) is 11.7. The highest BCUT2D eigenvalue weighted by Crippen LogP contribution is 2.35. The smallest absolute Gasteiger partial charge is 0.271 e. The molecule has 3 aromatic rings. The summed E-state index contributed by atoms with van der Waals surface area (Å²) in [7, 11) is 1.62. The van der Waals surface area contributed by atoms with Crippen LogP contribution in [0, 0.1) is 5.92 Å². The summed E-state index contributed by atoms with van der Waals surface area (Å²) >= 11 is 0. The van der Waals surface area contributed by atoms with Crippen molar-refractivity contribution in [3.8, 4) is 5.75 Å². The molecule has 1 aliphatic carbocycles. The number of para-hydroxylation sites is 1. The van der Waals surface area contributed by atoms with Gasteiger partial charge in [0.15, 0.2) is 5.58 Å². The first kappa shape index (κ1) is 21.6. The third-order valence-corrected chi connectivity index (χ3v) is 7.49. The van der Waals surface area contributed by atoms with Gasteiger partial charge in [0.1, 0.15) is 17.0 Å². The van der Waals surface area contributed by atoms with Crippen LogP contribution in [0.5, 0.6) is 5.75 Å². The number of aromatic nitrogens is 1. The Morgan fingerprint density at radius 1 is 1.24 bits per heavy atom. The SMILES string of the molecule is COc1ccccc1CN1C(=O)c2cc3occc3n2C[C@]1(C)C(=O)N[C@@H]1CCCC[C@H]1C. The maximum Gasteiger partial charge on any atom is 0.271 e. The molecule has 2 aromatic heterocycles. The second kappa shape index (κ2) is 8.28. The van der Waals surface area contributed by atoms with E-state index in [0.29, 0.717) is 29.5 Å². The highest BCUT2D eigenvalue weighted by atomic mass is 16.5. The molecule has 0 radical (unpaired) electrons. The van der Waals surface area contributed by atoms with Crippen LogP contribution in [-0.2, 0) is 17.9 Å². The van der Waals surface area contributed by atoms with Crippen LogP contribution in [0.25, 0.3) is 11.1 Å². The Kier molecular flexibility index (Phi) is 5.43. The predicted octanol–water partition coefficient (Wildman–Crippen LogP) is 4.35. The molecule has 1 aromatic carbocycles. The molecule has 3 heterocycles. The van der Waals surface area contributed by atoms with Crippen LogP contribution >= 0.6 is 0 Å². The lowest BCUT2D eigenvalue weighted by atomic mass is 9.85. The van der Waals surface area contributed by atoms with Crippen LogP contribution in [0.1, 0.15) is 55.6 Å². The van der Waals surface area contributed by atoms with Gasteiger partial charge in [-0.2, -0.15) is 0 Å². The minimum atomic E-state index is -1.06. The lowest BCUT2D eigenvalue weighted by Crippen LogP contribution is -2.65. The number of fused-ring (bicyclic) bond motifs is 3. The van der Waals surface area contributed by atoms with Gasteiger partial charge in [-0.1, -0.05) is 38.0 Å². The van der Waals surface area contributed by atoms with E-state index in [-0.39, 0.29) is 24.4 Å². The number of hydrogen-bond donors (Lipinski definition) is 1. The number of ether oxygens (including phenoxy) is 1. The summed E-state index contributed by atoms with van der Waals surface area (Å²) in [6, 6.07) is 11.4. The topological polar surface area (TPSA) is 76.7 Å². The fraction of sp³-hybridized carbons (Fsp3) is 0.462. The summed E-state index contributed by atoms with van der Waals surface area (Å²) in [6.07, 6.45) is 6.03. The van der Waals surface area contributed by atoms with Gasteiger partial charge in [-0.25, -0.2) is 0 Å². The summed E-state index contributed by atoms with van der Waals surface area (Å²) in [5.74, 6) is 0.827. The molecule has 7 nitrogen and oxygen atoms in total. The summed E-state index contributed by atoms with van der Waals surface area (Å²) in [6.45, 7) is 4.71. The Hall–Kier alpha value is -3.22. The maximum atomic E-state index is 13.9. The minimum absolute atomic E-state index is 0.111. The molecule has 0 spiro atoms. The van der Waals surface area contributed by atoms with Crippen LogP contribution in [0.3, 0.4) is 0 Å². The monoisotopic (exact) mass is 449 g/mol. The van der Waals surface area contributed by atoms with E-state index < -0.39 is 5.54 Å². The van der Waals surface area contributed by atoms with Crippen LogP contribution in [0.2, 0.25) is 0 Å². The van der Waals surface area contributed by atoms with Gasteiger partial charge in [0.05, 0.1) is 32.0 Å². The summed E-state index contributed by atoms with van der Waals surface area (Å²) in [4.78, 5) is 29.4. The van der Waals surface area contributed by atoms with E-state index in [1.54, 1.807) is 24.3 Å². The third-order valence-electron chi connectivity index (χ3n) is 7.49. The number of nitrogens with one attached hydrogen (secondary N) is 1. The molecular formula is C26H31N3O4. The number of nitrogens with zero attached hydrogens (tertiary/aromatic N) is 2. The number of furan rings is 1. The molecule has 1 fully saturated rings. The molecule has 3 atom stereocenters. The number of carbonyl (C=O) groups is 2. The molecule has 0 unspecified atom stereocenters. The molecule has 0 saturated heterocycles. The Morgan fingerprint density at radius 3 is 2.82 bits per heavy atom. The van der Waals surface area contributed by atoms with E-state index in [4.69, 9.17) is 9.15 Å². The fourth-order valence-electron chi connectivity index (χ4n) is 5.38. The van der Waals surface area contributed by atoms with Crippen molar-refractivity contribution in [1.29, 1.82) is 0 Å². The Labute approximate surface area is 193 Å². The first-order chi connectivity index (χ1) is 15.9. The van der Waals surface area contributed by atoms with Crippen molar-refractivity contribution in [2.75, 3.05) is 7.11 Å². The standard InChI is InChI=1S/C26H31N3O4/c1-17-8-4-6-10-19(17)27-25(31)26(2)16-28-20-12-13-33-23(20)14-21(28)24(30)29(26)15-18-9-5-7-11-22(18)32-3/h5,7,9,11-14,17,19H,4,6,8,10,15-16H2,1-3H3,(H,27,31)/t17-,19-,26-/m1/s1. The lowest BCUT2D eigenvalue weighted by Gasteiger charge is -2.45. The number of methoxy groups -OCH3 is 1. The van der Waals surface area contributed by atoms with Gasteiger partial charge in [0.25, 0.3) is 5.91 Å². The van der Waals surface area contributed by atoms with Crippen LogP contribution in [0.4, 0.5) is 0 Å². The maximum absolute atomic E-state index is 13.9. The second-order valence-corrected chi connectivity index (χ2v) is 9.60. The Balaban J connectivity index is 1.55. The highest BCUT2D eigenvalue weighted by molar-refractivity contribution is 6.02. The van der Waals surface area contributed by atoms with Gasteiger partial charge >= 0.3 is 0 Å². The Morgan fingerprint density at radius 2 is 2.03 bits per heavy atom. The Bertz CT molecular complexity index is 1200. The quantitative estimate of drug-likeness (QED) is 0.628. The van der Waals surface area contributed by atoms with E-state index in [0.717, 1.165) is 30.3 Å². The highest BCUT2D eigenvalue weighted by Gasteiger charge is 2.48.